The van der Waals surface area contributed by atoms with Crippen molar-refractivity contribution in [2.75, 3.05) is 18.4 Å². The maximum absolute atomic E-state index is 5.50. The molecule has 0 saturated carbocycles. The molecule has 0 aromatic carbocycles. The Morgan fingerprint density at radius 2 is 2.46 bits per heavy atom. The smallest absolute Gasteiger partial charge is 0.140 e. The third-order valence-electron chi connectivity index (χ3n) is 1.78. The number of nitrogens with zero attached hydrogens (tertiary/aromatic N) is 1. The Morgan fingerprint density at radius 1 is 1.69 bits per heavy atom. The second-order valence-electron chi connectivity index (χ2n) is 3.06. The summed E-state index contributed by atoms with van der Waals surface area (Å²) in [5, 5.41) is 3.23. The summed E-state index contributed by atoms with van der Waals surface area (Å²) in [6, 6.07) is 3.85. The van der Waals surface area contributed by atoms with Crippen LogP contribution >= 0.6 is 15.9 Å². The molecule has 3 N–H and O–H groups in total. The van der Waals surface area contributed by atoms with Gasteiger partial charge in [-0.1, -0.05) is 6.92 Å². The Balaban J connectivity index is 2.50. The van der Waals surface area contributed by atoms with Gasteiger partial charge in [-0.25, -0.2) is 4.98 Å². The predicted octanol–water partition coefficient (Wildman–Crippen LogP) is 1.85. The summed E-state index contributed by atoms with van der Waals surface area (Å²) in [6.45, 7) is 3.65. The van der Waals surface area contributed by atoms with E-state index in [1.165, 1.54) is 0 Å². The van der Waals surface area contributed by atoms with Gasteiger partial charge in [0, 0.05) is 12.7 Å². The predicted molar refractivity (Wildman–Crippen MR) is 58.6 cm³/mol. The highest BCUT2D eigenvalue weighted by Crippen LogP contribution is 2.18. The summed E-state index contributed by atoms with van der Waals surface area (Å²) < 4.78 is 0.985. The molecule has 1 unspecified atom stereocenters. The monoisotopic (exact) mass is 243 g/mol. The molecule has 0 amide bonds. The summed E-state index contributed by atoms with van der Waals surface area (Å²) in [5.74, 6) is 1.34. The molecule has 0 saturated heterocycles. The first-order valence-corrected chi connectivity index (χ1v) is 5.07. The number of nitrogens with two attached hydrogens (primary N) is 1. The second-order valence-corrected chi connectivity index (χ2v) is 3.91. The Kier molecular flexibility index (Phi) is 4.18. The van der Waals surface area contributed by atoms with Crippen LogP contribution in [-0.4, -0.2) is 18.1 Å². The van der Waals surface area contributed by atoms with E-state index in [9.17, 15) is 0 Å². The van der Waals surface area contributed by atoms with Gasteiger partial charge in [0.05, 0.1) is 4.47 Å². The number of anilines is 1. The highest BCUT2D eigenvalue weighted by atomic mass is 79.9. The number of pyridine rings is 1. The van der Waals surface area contributed by atoms with Crippen LogP contribution in [0.2, 0.25) is 0 Å². The van der Waals surface area contributed by atoms with Crippen molar-refractivity contribution in [3.63, 3.8) is 0 Å². The first-order chi connectivity index (χ1) is 6.24. The summed E-state index contributed by atoms with van der Waals surface area (Å²) in [7, 11) is 0. The van der Waals surface area contributed by atoms with E-state index >= 15 is 0 Å². The minimum absolute atomic E-state index is 0.467. The van der Waals surface area contributed by atoms with Crippen LogP contribution in [0.15, 0.2) is 22.8 Å². The van der Waals surface area contributed by atoms with Crippen LogP contribution in [0.5, 0.6) is 0 Å². The molecule has 1 aromatic rings. The highest BCUT2D eigenvalue weighted by molar-refractivity contribution is 9.10. The lowest BCUT2D eigenvalue weighted by atomic mass is 10.2. The van der Waals surface area contributed by atoms with Crippen LogP contribution in [0.4, 0.5) is 5.82 Å². The van der Waals surface area contributed by atoms with Crippen molar-refractivity contribution in [2.24, 2.45) is 11.7 Å². The molecule has 1 rings (SSSR count). The highest BCUT2D eigenvalue weighted by Gasteiger charge is 2.01. The first-order valence-electron chi connectivity index (χ1n) is 4.28. The van der Waals surface area contributed by atoms with Gasteiger partial charge in [0.25, 0.3) is 0 Å². The van der Waals surface area contributed by atoms with Crippen LogP contribution in [0, 0.1) is 5.92 Å². The van der Waals surface area contributed by atoms with Crippen molar-refractivity contribution >= 4 is 21.7 Å². The molecule has 0 spiro atoms. The second kappa shape index (κ2) is 5.19. The summed E-state index contributed by atoms with van der Waals surface area (Å²) in [5.41, 5.74) is 5.50. The summed E-state index contributed by atoms with van der Waals surface area (Å²) >= 11 is 3.41. The SMILES string of the molecule is CC(CN)CNc1ncccc1Br. The van der Waals surface area contributed by atoms with Crippen molar-refractivity contribution in [1.29, 1.82) is 0 Å². The van der Waals surface area contributed by atoms with Crippen molar-refractivity contribution in [3.05, 3.63) is 22.8 Å². The van der Waals surface area contributed by atoms with Gasteiger partial charge in [-0.05, 0) is 40.5 Å². The normalized spacial score (nSPS) is 12.5. The number of hydrogen-bond acceptors (Lipinski definition) is 3. The molecular formula is C9H14BrN3. The molecule has 0 fully saturated rings. The van der Waals surface area contributed by atoms with E-state index in [0.717, 1.165) is 16.8 Å². The molecular weight excluding hydrogens is 230 g/mol. The van der Waals surface area contributed by atoms with Gasteiger partial charge in [0.15, 0.2) is 0 Å². The largest absolute Gasteiger partial charge is 0.369 e. The van der Waals surface area contributed by atoms with E-state index in [-0.39, 0.29) is 0 Å². The van der Waals surface area contributed by atoms with Crippen LogP contribution in [-0.2, 0) is 0 Å². The van der Waals surface area contributed by atoms with E-state index in [0.29, 0.717) is 12.5 Å². The van der Waals surface area contributed by atoms with Gasteiger partial charge >= 0.3 is 0 Å². The molecule has 1 heterocycles. The lowest BCUT2D eigenvalue weighted by Crippen LogP contribution is -2.20. The molecule has 0 bridgehead atoms. The average molecular weight is 244 g/mol. The zero-order valence-electron chi connectivity index (χ0n) is 7.63. The maximum Gasteiger partial charge on any atom is 0.140 e. The average Bonchev–Trinajstić information content (AvgIpc) is 2.16. The minimum Gasteiger partial charge on any atom is -0.369 e. The summed E-state index contributed by atoms with van der Waals surface area (Å²) in [4.78, 5) is 4.19. The Labute approximate surface area is 86.9 Å². The first kappa shape index (κ1) is 10.5. The fraction of sp³-hybridized carbons (Fsp3) is 0.444. The zero-order valence-corrected chi connectivity index (χ0v) is 9.21. The number of rotatable bonds is 4. The van der Waals surface area contributed by atoms with E-state index in [1.807, 2.05) is 12.1 Å². The Morgan fingerprint density at radius 3 is 3.08 bits per heavy atom. The van der Waals surface area contributed by atoms with Gasteiger partial charge in [-0.3, -0.25) is 0 Å². The van der Waals surface area contributed by atoms with Gasteiger partial charge in [-0.2, -0.15) is 0 Å². The van der Waals surface area contributed by atoms with Crippen molar-refractivity contribution < 1.29 is 0 Å². The van der Waals surface area contributed by atoms with Gasteiger partial charge in [0.1, 0.15) is 5.82 Å². The Bertz CT molecular complexity index is 265. The lowest BCUT2D eigenvalue weighted by molar-refractivity contribution is 0.627. The number of halogens is 1. The zero-order chi connectivity index (χ0) is 9.68. The van der Waals surface area contributed by atoms with E-state index in [1.54, 1.807) is 6.20 Å². The van der Waals surface area contributed by atoms with Crippen molar-refractivity contribution in [3.8, 4) is 0 Å². The third kappa shape index (κ3) is 3.32. The molecule has 0 aliphatic carbocycles. The Hall–Kier alpha value is -0.610. The topological polar surface area (TPSA) is 50.9 Å². The molecule has 0 aliphatic rings. The number of nitrogens with one attached hydrogen (secondary N) is 1. The van der Waals surface area contributed by atoms with Crippen LogP contribution in [0.1, 0.15) is 6.92 Å². The summed E-state index contributed by atoms with van der Waals surface area (Å²) in [6.07, 6.45) is 1.76. The molecule has 4 heteroatoms. The molecule has 72 valence electrons. The molecule has 1 atom stereocenters. The quantitative estimate of drug-likeness (QED) is 0.849. The van der Waals surface area contributed by atoms with Crippen LogP contribution in [0.25, 0.3) is 0 Å². The lowest BCUT2D eigenvalue weighted by Gasteiger charge is -2.11. The van der Waals surface area contributed by atoms with E-state index in [4.69, 9.17) is 5.73 Å². The van der Waals surface area contributed by atoms with Crippen molar-refractivity contribution in [1.82, 2.24) is 4.98 Å². The fourth-order valence-corrected chi connectivity index (χ4v) is 1.27. The van der Waals surface area contributed by atoms with Crippen LogP contribution in [0.3, 0.4) is 0 Å². The third-order valence-corrected chi connectivity index (χ3v) is 2.42. The number of hydrogen-bond donors (Lipinski definition) is 2. The molecule has 1 aromatic heterocycles. The maximum atomic E-state index is 5.50. The standard InChI is InChI=1S/C9H14BrN3/c1-7(5-11)6-13-9-8(10)3-2-4-12-9/h2-4,7H,5-6,11H2,1H3,(H,12,13). The van der Waals surface area contributed by atoms with Crippen LogP contribution < -0.4 is 11.1 Å². The van der Waals surface area contributed by atoms with E-state index in [2.05, 4.69) is 33.2 Å². The molecule has 0 aliphatic heterocycles. The minimum atomic E-state index is 0.467. The number of aromatic nitrogens is 1. The van der Waals surface area contributed by atoms with Crippen molar-refractivity contribution in [2.45, 2.75) is 6.92 Å². The molecule has 0 radical (unpaired) electrons. The molecule has 13 heavy (non-hydrogen) atoms. The fourth-order valence-electron chi connectivity index (χ4n) is 0.870. The van der Waals surface area contributed by atoms with Gasteiger partial charge in [0.2, 0.25) is 0 Å². The molecule has 3 nitrogen and oxygen atoms in total. The van der Waals surface area contributed by atoms with Gasteiger partial charge in [-0.15, -0.1) is 0 Å². The van der Waals surface area contributed by atoms with E-state index < -0.39 is 0 Å². The van der Waals surface area contributed by atoms with Gasteiger partial charge < -0.3 is 11.1 Å².